The zero-order valence-corrected chi connectivity index (χ0v) is 68.4. The number of thiophene rings is 1. The predicted molar refractivity (Wildman–Crippen MR) is 498 cm³/mol. The molecule has 0 aliphatic heterocycles. The van der Waals surface area contributed by atoms with Crippen LogP contribution in [-0.2, 0) is 0 Å². The van der Waals surface area contributed by atoms with E-state index in [0.717, 1.165) is 98.7 Å². The van der Waals surface area contributed by atoms with Crippen molar-refractivity contribution in [3.05, 3.63) is 433 Å². The third-order valence-electron chi connectivity index (χ3n) is 17.5. The number of hydrogen-bond acceptors (Lipinski definition) is 26. The van der Waals surface area contributed by atoms with Gasteiger partial charge in [0.25, 0.3) is 0 Å². The second-order valence-corrected chi connectivity index (χ2v) is 28.3. The van der Waals surface area contributed by atoms with Gasteiger partial charge in [-0.15, -0.1) is 22.7 Å². The van der Waals surface area contributed by atoms with Gasteiger partial charge in [-0.05, 0) is 155 Å². The first kappa shape index (κ1) is 83.7. The summed E-state index contributed by atoms with van der Waals surface area (Å²) in [5, 5.41) is 34.4. The lowest BCUT2D eigenvalue weighted by atomic mass is 10.2. The molecule has 26 aromatic rings. The lowest BCUT2D eigenvalue weighted by molar-refractivity contribution is 0.456. The van der Waals surface area contributed by atoms with Crippen molar-refractivity contribution in [2.24, 2.45) is 0 Å². The van der Waals surface area contributed by atoms with Crippen LogP contribution in [0.2, 0.25) is 0 Å². The van der Waals surface area contributed by atoms with E-state index < -0.39 is 0 Å². The molecule has 124 heavy (non-hydrogen) atoms. The van der Waals surface area contributed by atoms with E-state index in [-0.39, 0.29) is 0 Å². The van der Waals surface area contributed by atoms with Gasteiger partial charge in [-0.1, -0.05) is 162 Å². The average molecular weight is 1680 g/mol. The number of nitrogens with zero attached hydrogens (tertiary/aromatic N) is 20. The number of rotatable bonds is 0. The van der Waals surface area contributed by atoms with Gasteiger partial charge in [-0.3, -0.25) is 39.9 Å². The van der Waals surface area contributed by atoms with E-state index in [0.29, 0.717) is 0 Å². The monoisotopic (exact) mass is 1680 g/mol. The maximum atomic E-state index is 5.48. The summed E-state index contributed by atoms with van der Waals surface area (Å²) >= 11 is 4.92. The SMILES string of the molecule is Nn1ncc2ccccc21.c1cc2occc2cn1.c1cc2sccc2cn1.c1cc2scnc2cn1.c1ccc2cnccc2c1.c1ccc2cnncc2c1.c1ccc2ncccc2c1.c1ccc2nccnc2c1.c1ccc2ncncc2c1.c1ccc2oncc2c1.c1ccc2sncc2c1.c1cnc2cnoc2c1.c1cnc2ncccc2c1. The van der Waals surface area contributed by atoms with Crippen LogP contribution in [0.3, 0.4) is 0 Å². The van der Waals surface area contributed by atoms with E-state index in [2.05, 4.69) is 143 Å². The molecule has 0 spiro atoms. The normalized spacial score (nSPS) is 10.1. The van der Waals surface area contributed by atoms with E-state index in [1.807, 2.05) is 285 Å². The molecule has 0 aliphatic rings. The number of thiazole rings is 1. The number of nitrogens with two attached hydrogens (primary N) is 1. The van der Waals surface area contributed by atoms with E-state index in [4.69, 9.17) is 19.3 Å². The molecule has 26 rings (SSSR count). The van der Waals surface area contributed by atoms with Crippen LogP contribution in [0.25, 0.3) is 140 Å². The molecule has 0 unspecified atom stereocenters. The summed E-state index contributed by atoms with van der Waals surface area (Å²) in [7, 11) is 0. The van der Waals surface area contributed by atoms with Crippen molar-refractivity contribution >= 4 is 174 Å². The summed E-state index contributed by atoms with van der Waals surface area (Å²) < 4.78 is 22.6. The zero-order valence-electron chi connectivity index (χ0n) is 66.0. The second kappa shape index (κ2) is 45.8. The van der Waals surface area contributed by atoms with Crippen LogP contribution in [0.4, 0.5) is 0 Å². The molecule has 0 amide bonds. The van der Waals surface area contributed by atoms with Gasteiger partial charge >= 0.3 is 0 Å². The van der Waals surface area contributed by atoms with Crippen molar-refractivity contribution in [2.75, 3.05) is 5.84 Å². The summed E-state index contributed by atoms with van der Waals surface area (Å²) in [4.78, 5) is 53.8. The Hall–Kier alpha value is -16.8. The Morgan fingerprint density at radius 2 is 0.766 bits per heavy atom. The van der Waals surface area contributed by atoms with Crippen molar-refractivity contribution in [1.29, 1.82) is 0 Å². The van der Waals surface area contributed by atoms with Crippen LogP contribution < -0.4 is 5.84 Å². The number of nitrogen functional groups attached to an aromatic ring is 1. The smallest absolute Gasteiger partial charge is 0.185 e. The van der Waals surface area contributed by atoms with Crippen LogP contribution in [0.15, 0.2) is 446 Å². The van der Waals surface area contributed by atoms with Crippen LogP contribution in [0.1, 0.15) is 0 Å². The fraction of sp³-hybridized carbons (Fsp3) is 0. The van der Waals surface area contributed by atoms with Gasteiger partial charge in [0.15, 0.2) is 16.8 Å². The third kappa shape index (κ3) is 25.2. The lowest BCUT2D eigenvalue weighted by Gasteiger charge is -1.91. The Balaban J connectivity index is 0.000000109. The third-order valence-corrected chi connectivity index (χ3v) is 20.0. The molecule has 0 fully saturated rings. The molecule has 0 saturated heterocycles. The van der Waals surface area contributed by atoms with Crippen LogP contribution in [0.5, 0.6) is 0 Å². The Morgan fingerprint density at radius 1 is 0.266 bits per heavy atom. The molecular weight excluding hydrogens is 1600 g/mol. The lowest BCUT2D eigenvalue weighted by Crippen LogP contribution is -2.08. The van der Waals surface area contributed by atoms with Crippen LogP contribution in [0, 0.1) is 0 Å². The molecular formula is C97H73N21O3S3. The van der Waals surface area contributed by atoms with E-state index >= 15 is 0 Å². The second-order valence-electron chi connectivity index (χ2n) is 25.7. The topological polar surface area (TPSA) is 315 Å². The van der Waals surface area contributed by atoms with E-state index in [9.17, 15) is 0 Å². The van der Waals surface area contributed by atoms with Crippen LogP contribution >= 0.6 is 34.2 Å². The van der Waals surface area contributed by atoms with Gasteiger partial charge in [0, 0.05) is 152 Å². The highest BCUT2D eigenvalue weighted by Crippen LogP contribution is 2.21. The van der Waals surface area contributed by atoms with E-state index in [1.54, 1.807) is 122 Å². The van der Waals surface area contributed by atoms with Gasteiger partial charge in [0.2, 0.25) is 0 Å². The number of hydrogen-bond donors (Lipinski definition) is 1. The molecule has 24 nitrogen and oxygen atoms in total. The highest BCUT2D eigenvalue weighted by atomic mass is 32.1. The molecule has 8 aromatic carbocycles. The Labute approximate surface area is 720 Å². The molecule has 27 heteroatoms. The maximum Gasteiger partial charge on any atom is 0.185 e. The summed E-state index contributed by atoms with van der Waals surface area (Å²) in [6, 6.07) is 91.0. The minimum Gasteiger partial charge on any atom is -0.464 e. The zero-order chi connectivity index (χ0) is 84.5. The predicted octanol–water partition coefficient (Wildman–Crippen LogP) is 22.9. The van der Waals surface area contributed by atoms with Crippen molar-refractivity contribution in [2.45, 2.75) is 0 Å². The van der Waals surface area contributed by atoms with Crippen molar-refractivity contribution in [3.8, 4) is 0 Å². The molecule has 0 saturated carbocycles. The van der Waals surface area contributed by atoms with Gasteiger partial charge in [0.1, 0.15) is 17.4 Å². The number of fused-ring (bicyclic) bond motifs is 13. The summed E-state index contributed by atoms with van der Waals surface area (Å²) in [5.74, 6) is 5.48. The molecule has 0 atom stereocenters. The quantitative estimate of drug-likeness (QED) is 0.138. The fourth-order valence-corrected chi connectivity index (χ4v) is 13.4. The Kier molecular flexibility index (Phi) is 30.9. The van der Waals surface area contributed by atoms with Crippen molar-refractivity contribution in [3.63, 3.8) is 0 Å². The van der Waals surface area contributed by atoms with Gasteiger partial charge in [-0.2, -0.15) is 24.5 Å². The average Bonchev–Trinajstić information content (AvgIpc) is 1.71. The van der Waals surface area contributed by atoms with E-state index in [1.165, 1.54) is 57.4 Å². The largest absolute Gasteiger partial charge is 0.464 e. The summed E-state index contributed by atoms with van der Waals surface area (Å²) in [5.41, 5.74) is 11.8. The number of furan rings is 1. The van der Waals surface area contributed by atoms with Gasteiger partial charge < -0.3 is 19.3 Å². The minimum atomic E-state index is 0.734. The van der Waals surface area contributed by atoms with Gasteiger partial charge in [-0.25, -0.2) is 24.9 Å². The highest BCUT2D eigenvalue weighted by molar-refractivity contribution is 7.17. The molecule has 602 valence electrons. The minimum absolute atomic E-state index is 0.734. The highest BCUT2D eigenvalue weighted by Gasteiger charge is 2.00. The number of pyridine rings is 8. The van der Waals surface area contributed by atoms with Crippen LogP contribution in [-0.4, -0.2) is 99.6 Å². The molecule has 0 aliphatic carbocycles. The fourth-order valence-electron chi connectivity index (χ4n) is 11.4. The molecule has 0 radical (unpaired) electrons. The standard InChI is InChI=1S/2C9H7N.4C8H6N2.C7H7N3.2C7H5NO.2C7H5NS.C6H4N2O.C6H4N2S/c1-2-6-9-8(4-1)5-3-7-10-9;1-2-4-9-7-10-6-5-8(9)3-1;1-3-7-4-2-6-10-8(7)9-5-1;1-2-4-8-7(3-1)5-9-6-10-8;1-2-4-8-6-10-9-5-7(8)3-1;1-2-4-8-7(3-1)9-5-6-10-8;8-10-7-4-2-1-3-6(7)5-9-10;1-3-8-5-6-2-4-9-7(1)6;1-2-4-7-6(3-1)5-8-9-7;1-3-8-5-6-2-4-9-7(1)6;1-2-4-7-6(3-1)5-8-9-7;1-2-6-5(7-3-1)4-8-9-6;1-2-7-3-5-6(1)9-4-8-5/h2*1-7H;4*1-6H;1-5H,8H2;4*1-5H;2*1-4H. The molecule has 18 heterocycles. The van der Waals surface area contributed by atoms with Crippen molar-refractivity contribution < 1.29 is 13.5 Å². The van der Waals surface area contributed by atoms with Gasteiger partial charge in [0.05, 0.1) is 91.5 Å². The molecule has 0 bridgehead atoms. The molecule has 18 aromatic heterocycles. The first-order valence-corrected chi connectivity index (χ1v) is 40.8. The molecule has 2 N–H and O–H groups in total. The first-order chi connectivity index (χ1) is 61.5. The summed E-state index contributed by atoms with van der Waals surface area (Å²) in [6.07, 6.45) is 40.3. The number of para-hydroxylation sites is 6. The maximum absolute atomic E-state index is 5.48. The van der Waals surface area contributed by atoms with Crippen molar-refractivity contribution in [1.82, 2.24) is 99.6 Å². The number of benzene rings is 8. The summed E-state index contributed by atoms with van der Waals surface area (Å²) in [6.45, 7) is 0. The Bertz CT molecular complexity index is 5980. The first-order valence-electron chi connectivity index (χ1n) is 38.3. The Morgan fingerprint density at radius 3 is 1.43 bits per heavy atom. The number of aromatic nitrogens is 20.